The van der Waals surface area contributed by atoms with Gasteiger partial charge < -0.3 is 4.90 Å². The van der Waals surface area contributed by atoms with Crippen LogP contribution in [0.3, 0.4) is 0 Å². The molecule has 8 heteroatoms. The van der Waals surface area contributed by atoms with E-state index in [9.17, 15) is 13.2 Å². The second-order valence-corrected chi connectivity index (χ2v) is 10.0. The van der Waals surface area contributed by atoms with Gasteiger partial charge in [0.05, 0.1) is 20.9 Å². The molecule has 30 heavy (non-hydrogen) atoms. The number of thiazole rings is 1. The molecule has 0 N–H and O–H groups in total. The number of aromatic nitrogens is 1. The normalized spacial score (nSPS) is 11.8. The van der Waals surface area contributed by atoms with Crippen LogP contribution in [0.15, 0.2) is 59.5 Å². The maximum atomic E-state index is 13.1. The van der Waals surface area contributed by atoms with Gasteiger partial charge in [0.15, 0.2) is 15.0 Å². The van der Waals surface area contributed by atoms with E-state index in [1.807, 2.05) is 24.3 Å². The molecule has 0 saturated carbocycles. The predicted octanol–water partition coefficient (Wildman–Crippen LogP) is 3.84. The molecule has 1 heterocycles. The number of carbonyl (C=O) groups excluding carboxylic acids is 1. The van der Waals surface area contributed by atoms with Crippen molar-refractivity contribution in [1.82, 2.24) is 9.88 Å². The van der Waals surface area contributed by atoms with E-state index in [1.165, 1.54) is 11.3 Å². The third kappa shape index (κ3) is 5.44. The molecule has 1 amide bonds. The third-order valence-electron chi connectivity index (χ3n) is 5.04. The summed E-state index contributed by atoms with van der Waals surface area (Å²) in [4.78, 5) is 21.8. The smallest absolute Gasteiger partial charge is 0.229 e. The minimum atomic E-state index is -3.51. The van der Waals surface area contributed by atoms with Crippen LogP contribution in [0.1, 0.15) is 20.3 Å². The zero-order chi connectivity index (χ0) is 21.6. The Morgan fingerprint density at radius 3 is 2.30 bits per heavy atom. The highest BCUT2D eigenvalue weighted by Gasteiger charge is 2.23. The summed E-state index contributed by atoms with van der Waals surface area (Å²) < 4.78 is 26.2. The van der Waals surface area contributed by atoms with Crippen molar-refractivity contribution in [3.8, 4) is 0 Å². The van der Waals surface area contributed by atoms with Gasteiger partial charge in [0.25, 0.3) is 0 Å². The van der Waals surface area contributed by atoms with Gasteiger partial charge in [-0.1, -0.05) is 55.5 Å². The molecule has 0 aliphatic carbocycles. The summed E-state index contributed by atoms with van der Waals surface area (Å²) in [5.41, 5.74) is 0.843. The summed E-state index contributed by atoms with van der Waals surface area (Å²) in [6, 6.07) is 16.0. The van der Waals surface area contributed by atoms with Crippen molar-refractivity contribution < 1.29 is 13.2 Å². The maximum Gasteiger partial charge on any atom is 0.229 e. The molecular formula is C22H27N3O3S2. The highest BCUT2D eigenvalue weighted by molar-refractivity contribution is 7.91. The van der Waals surface area contributed by atoms with Crippen LogP contribution in [0.25, 0.3) is 10.2 Å². The van der Waals surface area contributed by atoms with Crippen molar-refractivity contribution in [1.29, 1.82) is 0 Å². The first-order valence-corrected chi connectivity index (χ1v) is 12.6. The number of amides is 1. The number of anilines is 1. The number of hydrogen-bond donors (Lipinski definition) is 0. The molecular weight excluding hydrogens is 418 g/mol. The lowest BCUT2D eigenvalue weighted by Gasteiger charge is -2.24. The van der Waals surface area contributed by atoms with E-state index < -0.39 is 9.84 Å². The van der Waals surface area contributed by atoms with E-state index in [0.717, 1.165) is 23.3 Å². The van der Waals surface area contributed by atoms with E-state index in [0.29, 0.717) is 18.2 Å². The van der Waals surface area contributed by atoms with Gasteiger partial charge in [-0.2, -0.15) is 0 Å². The minimum Gasteiger partial charge on any atom is -0.302 e. The summed E-state index contributed by atoms with van der Waals surface area (Å²) in [6.45, 7) is 7.13. The lowest BCUT2D eigenvalue weighted by atomic mass is 10.3. The Balaban J connectivity index is 1.79. The highest BCUT2D eigenvalue weighted by Crippen LogP contribution is 2.29. The molecule has 3 rings (SSSR count). The minimum absolute atomic E-state index is 0.0780. The van der Waals surface area contributed by atoms with Crippen molar-refractivity contribution in [3.63, 3.8) is 0 Å². The molecule has 0 fully saturated rings. The zero-order valence-corrected chi connectivity index (χ0v) is 19.0. The topological polar surface area (TPSA) is 70.6 Å². The van der Waals surface area contributed by atoms with Crippen LogP contribution in [-0.4, -0.2) is 56.1 Å². The number of carbonyl (C=O) groups is 1. The van der Waals surface area contributed by atoms with Crippen LogP contribution < -0.4 is 4.90 Å². The largest absolute Gasteiger partial charge is 0.302 e. The first kappa shape index (κ1) is 22.4. The quantitative estimate of drug-likeness (QED) is 0.474. The second-order valence-electron chi connectivity index (χ2n) is 6.92. The standard InChI is InChI=1S/C22H27N3O3S2/c1-3-24(4-2)15-16-25(22-23-19-12-8-9-13-20(19)29-22)21(26)14-17-30(27,28)18-10-6-5-7-11-18/h5-13H,3-4,14-17H2,1-2H3. The number of fused-ring (bicyclic) bond motifs is 1. The number of likely N-dealkylation sites (N-methyl/N-ethyl adjacent to an activating group) is 1. The van der Waals surface area contributed by atoms with Crippen LogP contribution in [0, 0.1) is 0 Å². The Labute approximate surface area is 182 Å². The molecule has 160 valence electrons. The van der Waals surface area contributed by atoms with Gasteiger partial charge in [-0.25, -0.2) is 13.4 Å². The van der Waals surface area contributed by atoms with Gasteiger partial charge in [0, 0.05) is 19.5 Å². The molecule has 0 saturated heterocycles. The molecule has 0 radical (unpaired) electrons. The first-order chi connectivity index (χ1) is 14.4. The van der Waals surface area contributed by atoms with Crippen molar-refractivity contribution in [2.45, 2.75) is 25.2 Å². The molecule has 0 aliphatic heterocycles. The van der Waals surface area contributed by atoms with E-state index in [2.05, 4.69) is 23.7 Å². The number of nitrogens with zero attached hydrogens (tertiary/aromatic N) is 3. The van der Waals surface area contributed by atoms with Gasteiger partial charge in [0.2, 0.25) is 5.91 Å². The van der Waals surface area contributed by atoms with E-state index >= 15 is 0 Å². The van der Waals surface area contributed by atoms with Gasteiger partial charge in [-0.05, 0) is 37.4 Å². The van der Waals surface area contributed by atoms with Crippen LogP contribution in [0.4, 0.5) is 5.13 Å². The van der Waals surface area contributed by atoms with Crippen LogP contribution in [0.2, 0.25) is 0 Å². The molecule has 0 spiro atoms. The summed E-state index contributed by atoms with van der Waals surface area (Å²) in [5, 5.41) is 0.616. The third-order valence-corrected chi connectivity index (χ3v) is 7.83. The lowest BCUT2D eigenvalue weighted by molar-refractivity contribution is -0.118. The lowest BCUT2D eigenvalue weighted by Crippen LogP contribution is -2.39. The molecule has 3 aromatic rings. The molecule has 6 nitrogen and oxygen atoms in total. The average Bonchev–Trinajstić information content (AvgIpc) is 3.19. The number of sulfone groups is 1. The van der Waals surface area contributed by atoms with Crippen molar-refractivity contribution in [2.24, 2.45) is 0 Å². The Hall–Kier alpha value is -2.29. The van der Waals surface area contributed by atoms with Crippen LogP contribution in [-0.2, 0) is 14.6 Å². The number of benzene rings is 2. The van der Waals surface area contributed by atoms with E-state index in [4.69, 9.17) is 0 Å². The van der Waals surface area contributed by atoms with Crippen molar-refractivity contribution in [2.75, 3.05) is 36.8 Å². The van der Waals surface area contributed by atoms with Gasteiger partial charge in [-0.15, -0.1) is 0 Å². The second kappa shape index (κ2) is 10.1. The Morgan fingerprint density at radius 2 is 1.63 bits per heavy atom. The summed E-state index contributed by atoms with van der Waals surface area (Å²) in [6.07, 6.45) is -0.0780. The number of hydrogen-bond acceptors (Lipinski definition) is 6. The monoisotopic (exact) mass is 445 g/mol. The SMILES string of the molecule is CCN(CC)CCN(C(=O)CCS(=O)(=O)c1ccccc1)c1nc2ccccc2s1. The van der Waals surface area contributed by atoms with Crippen LogP contribution in [0.5, 0.6) is 0 Å². The Kier molecular flexibility index (Phi) is 7.58. The molecule has 0 bridgehead atoms. The van der Waals surface area contributed by atoms with Crippen molar-refractivity contribution >= 4 is 42.4 Å². The zero-order valence-electron chi connectivity index (χ0n) is 17.3. The van der Waals surface area contributed by atoms with Crippen LogP contribution >= 0.6 is 11.3 Å². The molecule has 2 aromatic carbocycles. The predicted molar refractivity (Wildman–Crippen MR) is 123 cm³/mol. The summed E-state index contributed by atoms with van der Waals surface area (Å²) >= 11 is 1.46. The fourth-order valence-electron chi connectivity index (χ4n) is 3.19. The highest BCUT2D eigenvalue weighted by atomic mass is 32.2. The summed E-state index contributed by atoms with van der Waals surface area (Å²) in [7, 11) is -3.51. The first-order valence-electron chi connectivity index (χ1n) is 10.1. The molecule has 0 aliphatic rings. The van der Waals surface area contributed by atoms with Gasteiger partial charge in [-0.3, -0.25) is 9.69 Å². The molecule has 0 atom stereocenters. The number of para-hydroxylation sites is 1. The fraction of sp³-hybridized carbons (Fsp3) is 0.364. The molecule has 0 unspecified atom stereocenters. The fourth-order valence-corrected chi connectivity index (χ4v) is 5.45. The van der Waals surface area contributed by atoms with Gasteiger partial charge >= 0.3 is 0 Å². The summed E-state index contributed by atoms with van der Waals surface area (Å²) in [5.74, 6) is -0.441. The van der Waals surface area contributed by atoms with Gasteiger partial charge in [0.1, 0.15) is 0 Å². The Morgan fingerprint density at radius 1 is 0.967 bits per heavy atom. The van der Waals surface area contributed by atoms with Crippen molar-refractivity contribution in [3.05, 3.63) is 54.6 Å². The Bertz CT molecular complexity index is 1040. The van der Waals surface area contributed by atoms with E-state index in [1.54, 1.807) is 35.2 Å². The maximum absolute atomic E-state index is 13.1. The van der Waals surface area contributed by atoms with E-state index in [-0.39, 0.29) is 23.0 Å². The number of rotatable bonds is 10. The average molecular weight is 446 g/mol. The molecule has 1 aromatic heterocycles.